The predicted molar refractivity (Wildman–Crippen MR) is 328 cm³/mol. The van der Waals surface area contributed by atoms with Crippen LogP contribution in [0.1, 0.15) is 122 Å². The molecule has 2 amide bonds. The summed E-state index contributed by atoms with van der Waals surface area (Å²) in [6.45, 7) is 19.8. The van der Waals surface area contributed by atoms with Gasteiger partial charge in [0, 0.05) is 71.2 Å². The third-order valence-electron chi connectivity index (χ3n) is 15.0. The van der Waals surface area contributed by atoms with E-state index in [0.29, 0.717) is 88.6 Å². The van der Waals surface area contributed by atoms with Crippen LogP contribution in [0.4, 0.5) is 21.4 Å². The van der Waals surface area contributed by atoms with Crippen molar-refractivity contribution in [2.45, 2.75) is 135 Å². The lowest BCUT2D eigenvalue weighted by Crippen LogP contribution is -2.50. The van der Waals surface area contributed by atoms with E-state index in [0.717, 1.165) is 93.7 Å². The first-order valence-corrected chi connectivity index (χ1v) is 31.6. The maximum atomic E-state index is 12.8. The molecule has 81 heavy (non-hydrogen) atoms. The Kier molecular flexibility index (Phi) is 19.1. The Morgan fingerprint density at radius 2 is 1.35 bits per heavy atom. The van der Waals surface area contributed by atoms with E-state index in [4.69, 9.17) is 48.4 Å². The topological polar surface area (TPSA) is 190 Å². The van der Waals surface area contributed by atoms with Crippen LogP contribution in [0.3, 0.4) is 0 Å². The molecule has 2 saturated carbocycles. The van der Waals surface area contributed by atoms with E-state index in [1.54, 1.807) is 41.8 Å². The van der Waals surface area contributed by atoms with E-state index < -0.39 is 11.2 Å². The van der Waals surface area contributed by atoms with E-state index >= 15 is 0 Å². The SMILES string of the molecule is COC1N=C(N2CCOCC2)NC(C[C@@H]2CCCN(C(=O)OC(C)(C)C)C2)=C1I.COc1nc(N2CCOCC2)nc(N[C@@H]2CCCN(C(=O)OC(C)(C)C)C2)c1-c1nc2cc(C3CC3)ccc2s1.c1nc2cc(C3CC3)ccc2s1. The van der Waals surface area contributed by atoms with Crippen LogP contribution < -0.4 is 20.3 Å². The molecule has 5 aliphatic heterocycles. The Labute approximate surface area is 498 Å². The van der Waals surface area contributed by atoms with Gasteiger partial charge in [-0.3, -0.25) is 0 Å². The summed E-state index contributed by atoms with van der Waals surface area (Å²) in [4.78, 5) is 57.2. The standard InChI is InChI=1S/C29H38N6O4S.C20H33IN4O4.C10H9NS/c1-29(2,3)39-28(36)35-11-5-6-20(17-35)30-24-23(25(37-4)33-27(32-24)34-12-14-38-15-13-34)26-31-21-16-19(18-7-8-18)9-10-22(21)40-26;1-20(2,3)29-19(26)25-7-5-6-14(13-25)12-15-16(21)17(27-4)23-18(22-15)24-8-10-28-11-9-24;1-2-7(1)8-3-4-10-9(5-8)11-6-12-10/h9-10,16,18,20H,5-8,11-15,17H2,1-4H3,(H,30,32,33);14,17H,5-13H2,1-4H3,(H,22,23);3-7H,1-2H2/t20-;14-,17?;/m10./s1. The molecule has 6 fully saturated rings. The van der Waals surface area contributed by atoms with Crippen LogP contribution in [-0.4, -0.2) is 169 Å². The van der Waals surface area contributed by atoms with Crippen molar-refractivity contribution in [2.24, 2.45) is 10.9 Å². The monoisotopic (exact) mass is 1260 g/mol. The molecule has 5 aromatic rings. The molecule has 8 heterocycles. The summed E-state index contributed by atoms with van der Waals surface area (Å²) in [6, 6.07) is 13.3. The van der Waals surface area contributed by atoms with Gasteiger partial charge in [-0.2, -0.15) is 9.97 Å². The van der Waals surface area contributed by atoms with E-state index in [1.807, 2.05) is 52.0 Å². The highest BCUT2D eigenvalue weighted by Crippen LogP contribution is 2.45. The van der Waals surface area contributed by atoms with Crippen LogP contribution in [0.25, 0.3) is 31.0 Å². The van der Waals surface area contributed by atoms with Crippen LogP contribution in [0, 0.1) is 5.92 Å². The van der Waals surface area contributed by atoms with Gasteiger partial charge >= 0.3 is 12.2 Å². The largest absolute Gasteiger partial charge is 0.480 e. The van der Waals surface area contributed by atoms with Crippen molar-refractivity contribution in [3.8, 4) is 16.5 Å². The number of guanidine groups is 1. The van der Waals surface area contributed by atoms with Crippen LogP contribution in [0.2, 0.25) is 0 Å². The maximum Gasteiger partial charge on any atom is 0.410 e. The number of hydrogen-bond donors (Lipinski definition) is 2. The zero-order valence-corrected chi connectivity index (χ0v) is 52.1. The van der Waals surface area contributed by atoms with Crippen molar-refractivity contribution in [3.63, 3.8) is 0 Å². The van der Waals surface area contributed by atoms with Crippen molar-refractivity contribution >= 4 is 95.6 Å². The lowest BCUT2D eigenvalue weighted by Gasteiger charge is -2.37. The number of nitrogens with zero attached hydrogens (tertiary/aromatic N) is 9. The molecule has 12 rings (SSSR count). The van der Waals surface area contributed by atoms with Gasteiger partial charge in [0.2, 0.25) is 17.8 Å². The zero-order valence-electron chi connectivity index (χ0n) is 48.3. The summed E-state index contributed by atoms with van der Waals surface area (Å²) in [5, 5.41) is 8.02. The van der Waals surface area contributed by atoms with Crippen LogP contribution in [0.15, 0.2) is 56.2 Å². The quantitative estimate of drug-likeness (QED) is 0.125. The number of carbonyl (C=O) groups is 2. The lowest BCUT2D eigenvalue weighted by atomic mass is 9.93. The molecule has 0 spiro atoms. The minimum atomic E-state index is -0.538. The van der Waals surface area contributed by atoms with Gasteiger partial charge < -0.3 is 58.7 Å². The molecule has 2 N–H and O–H groups in total. The number of amides is 2. The van der Waals surface area contributed by atoms with E-state index in [-0.39, 0.29) is 24.5 Å². The van der Waals surface area contributed by atoms with Crippen molar-refractivity contribution < 1.29 is 38.0 Å². The van der Waals surface area contributed by atoms with E-state index in [9.17, 15) is 9.59 Å². The van der Waals surface area contributed by atoms with E-state index in [2.05, 4.69) is 84.4 Å². The van der Waals surface area contributed by atoms with Gasteiger partial charge in [0.15, 0.2) is 6.23 Å². The normalized spacial score (nSPS) is 21.8. The summed E-state index contributed by atoms with van der Waals surface area (Å²) >= 11 is 5.67. The van der Waals surface area contributed by atoms with Gasteiger partial charge in [-0.1, -0.05) is 12.1 Å². The molecule has 438 valence electrons. The smallest absolute Gasteiger partial charge is 0.410 e. The Morgan fingerprint density at radius 3 is 1.96 bits per heavy atom. The van der Waals surface area contributed by atoms with Crippen molar-refractivity contribution in [3.05, 3.63) is 62.3 Å². The second kappa shape index (κ2) is 26.2. The number of morpholine rings is 2. The first-order valence-electron chi connectivity index (χ1n) is 28.8. The number of nitrogens with one attached hydrogen (secondary N) is 2. The average molecular weight is 1260 g/mol. The highest BCUT2D eigenvalue weighted by molar-refractivity contribution is 14.1. The number of aliphatic imine (C=N–C) groups is 1. The number of rotatable bonds is 10. The lowest BCUT2D eigenvalue weighted by molar-refractivity contribution is 0.0163. The van der Waals surface area contributed by atoms with Crippen LogP contribution in [0.5, 0.6) is 5.88 Å². The van der Waals surface area contributed by atoms with E-state index in [1.165, 1.54) is 47.0 Å². The third-order valence-corrected chi connectivity index (χ3v) is 18.1. The first-order chi connectivity index (χ1) is 39.0. The second-order valence-electron chi connectivity index (χ2n) is 23.9. The molecule has 0 radical (unpaired) electrons. The summed E-state index contributed by atoms with van der Waals surface area (Å²) < 4.78 is 37.2. The molecular formula is C59H80IN11O8S2. The number of hydrogen-bond acceptors (Lipinski definition) is 19. The Balaban J connectivity index is 0.000000155. The summed E-state index contributed by atoms with van der Waals surface area (Å²) in [7, 11) is 3.33. The molecule has 19 nitrogen and oxygen atoms in total. The molecular weight excluding hydrogens is 1180 g/mol. The number of aromatic nitrogens is 4. The van der Waals surface area contributed by atoms with Gasteiger partial charge in [0.25, 0.3) is 0 Å². The van der Waals surface area contributed by atoms with Gasteiger partial charge in [0.05, 0.1) is 63.1 Å². The molecule has 2 aromatic carbocycles. The molecule has 22 heteroatoms. The predicted octanol–water partition coefficient (Wildman–Crippen LogP) is 11.4. The molecule has 3 aromatic heterocycles. The maximum absolute atomic E-state index is 12.8. The number of anilines is 2. The minimum Gasteiger partial charge on any atom is -0.480 e. The van der Waals surface area contributed by atoms with Gasteiger partial charge in [0.1, 0.15) is 27.6 Å². The number of methoxy groups -OCH3 is 2. The molecule has 7 aliphatic rings. The number of benzene rings is 2. The third kappa shape index (κ3) is 15.7. The molecule has 4 saturated heterocycles. The summed E-state index contributed by atoms with van der Waals surface area (Å²) in [6.07, 6.45) is 9.19. The average Bonchev–Trinajstić information content (AvgIpc) is 4.50. The van der Waals surface area contributed by atoms with Gasteiger partial charge in [-0.05, 0) is 175 Å². The Morgan fingerprint density at radius 1 is 0.741 bits per heavy atom. The number of thiazole rings is 2. The van der Waals surface area contributed by atoms with Crippen LogP contribution in [-0.2, 0) is 23.7 Å². The highest BCUT2D eigenvalue weighted by atomic mass is 127. The summed E-state index contributed by atoms with van der Waals surface area (Å²) in [5.41, 5.74) is 7.81. The highest BCUT2D eigenvalue weighted by Gasteiger charge is 2.34. The molecule has 2 aliphatic carbocycles. The molecule has 1 unspecified atom stereocenters. The second-order valence-corrected chi connectivity index (χ2v) is 26.9. The zero-order chi connectivity index (χ0) is 56.8. The minimum absolute atomic E-state index is 0.00647. The first kappa shape index (κ1) is 59.0. The number of allylic oxidation sites excluding steroid dienone is 1. The fourth-order valence-corrected chi connectivity index (χ4v) is 13.0. The van der Waals surface area contributed by atoms with Gasteiger partial charge in [-0.15, -0.1) is 22.7 Å². The fourth-order valence-electron chi connectivity index (χ4n) is 10.6. The Hall–Kier alpha value is -5.14. The van der Waals surface area contributed by atoms with Crippen molar-refractivity contribution in [2.75, 3.05) is 103 Å². The van der Waals surface area contributed by atoms with Crippen molar-refractivity contribution in [1.29, 1.82) is 0 Å². The molecule has 0 bridgehead atoms. The number of fused-ring (bicyclic) bond motifs is 2. The van der Waals surface area contributed by atoms with Crippen molar-refractivity contribution in [1.82, 2.24) is 40.0 Å². The number of piperidine rings is 2. The number of likely N-dealkylation sites (tertiary alicyclic amines) is 2. The number of halogens is 1. The fraction of sp³-hybridized carbons (Fsp3) is 0.610. The number of carbonyl (C=O) groups excluding carboxylic acids is 2. The van der Waals surface area contributed by atoms with Gasteiger partial charge in [-0.25, -0.2) is 24.5 Å². The number of ether oxygens (including phenoxy) is 6. The Bertz CT molecular complexity index is 3050. The molecule has 3 atom stereocenters. The van der Waals surface area contributed by atoms with Crippen LogP contribution >= 0.6 is 45.3 Å². The summed E-state index contributed by atoms with van der Waals surface area (Å²) in [5.74, 6) is 4.50.